The zero-order chi connectivity index (χ0) is 11.1. The van der Waals surface area contributed by atoms with Crippen molar-refractivity contribution in [3.63, 3.8) is 0 Å². The highest BCUT2D eigenvalue weighted by atomic mass is 32.2. The molecular formula is C9H12N2O3S. The SMILES string of the molecule is NS(=O)(=O)c1ccc(=O)n(CC2CC2)c1. The fraction of sp³-hybridized carbons (Fsp3) is 0.444. The van der Waals surface area contributed by atoms with Gasteiger partial charge >= 0.3 is 0 Å². The monoisotopic (exact) mass is 228 g/mol. The average molecular weight is 228 g/mol. The third-order valence-corrected chi connectivity index (χ3v) is 3.34. The lowest BCUT2D eigenvalue weighted by Gasteiger charge is -2.05. The molecule has 0 bridgehead atoms. The summed E-state index contributed by atoms with van der Waals surface area (Å²) in [5.74, 6) is 0.512. The van der Waals surface area contributed by atoms with Crippen molar-refractivity contribution in [2.75, 3.05) is 0 Å². The van der Waals surface area contributed by atoms with E-state index in [2.05, 4.69) is 0 Å². The summed E-state index contributed by atoms with van der Waals surface area (Å²) >= 11 is 0. The van der Waals surface area contributed by atoms with Gasteiger partial charge in [-0.1, -0.05) is 0 Å². The Labute approximate surface area is 87.6 Å². The van der Waals surface area contributed by atoms with Gasteiger partial charge in [0.25, 0.3) is 5.56 Å². The molecule has 6 heteroatoms. The van der Waals surface area contributed by atoms with Crippen molar-refractivity contribution < 1.29 is 8.42 Å². The number of primary sulfonamides is 1. The van der Waals surface area contributed by atoms with Crippen LogP contribution in [0.3, 0.4) is 0 Å². The largest absolute Gasteiger partial charge is 0.314 e. The average Bonchev–Trinajstić information content (AvgIpc) is 2.90. The second-order valence-corrected chi connectivity index (χ2v) is 5.41. The molecule has 82 valence electrons. The van der Waals surface area contributed by atoms with Crippen LogP contribution in [-0.2, 0) is 16.6 Å². The van der Waals surface area contributed by atoms with Crippen molar-refractivity contribution in [3.8, 4) is 0 Å². The van der Waals surface area contributed by atoms with Crippen LogP contribution in [0.4, 0.5) is 0 Å². The van der Waals surface area contributed by atoms with Crippen LogP contribution >= 0.6 is 0 Å². The molecule has 0 unspecified atom stereocenters. The number of nitrogens with zero attached hydrogens (tertiary/aromatic N) is 1. The van der Waals surface area contributed by atoms with Gasteiger partial charge in [-0.2, -0.15) is 0 Å². The molecule has 1 saturated carbocycles. The van der Waals surface area contributed by atoms with Crippen molar-refractivity contribution >= 4 is 10.0 Å². The molecule has 0 amide bonds. The minimum Gasteiger partial charge on any atom is -0.314 e. The summed E-state index contributed by atoms with van der Waals surface area (Å²) in [6.07, 6.45) is 3.52. The Kier molecular flexibility index (Phi) is 2.40. The number of nitrogens with two attached hydrogens (primary N) is 1. The molecule has 0 aliphatic heterocycles. The van der Waals surface area contributed by atoms with E-state index >= 15 is 0 Å². The molecule has 1 heterocycles. The Morgan fingerprint density at radius 3 is 2.60 bits per heavy atom. The van der Waals surface area contributed by atoms with Gasteiger partial charge in [-0.05, 0) is 24.8 Å². The molecule has 2 N–H and O–H groups in total. The number of rotatable bonds is 3. The molecule has 15 heavy (non-hydrogen) atoms. The zero-order valence-corrected chi connectivity index (χ0v) is 8.90. The van der Waals surface area contributed by atoms with E-state index in [9.17, 15) is 13.2 Å². The van der Waals surface area contributed by atoms with Crippen LogP contribution in [0.1, 0.15) is 12.8 Å². The maximum atomic E-state index is 11.4. The molecule has 1 aromatic heterocycles. The summed E-state index contributed by atoms with van der Waals surface area (Å²) in [4.78, 5) is 11.4. The van der Waals surface area contributed by atoms with E-state index in [0.717, 1.165) is 12.8 Å². The van der Waals surface area contributed by atoms with Crippen molar-refractivity contribution in [1.82, 2.24) is 4.57 Å². The van der Waals surface area contributed by atoms with Gasteiger partial charge in [0.15, 0.2) is 0 Å². The van der Waals surface area contributed by atoms with E-state index in [1.54, 1.807) is 0 Å². The smallest absolute Gasteiger partial charge is 0.250 e. The van der Waals surface area contributed by atoms with Crippen LogP contribution in [0.25, 0.3) is 0 Å². The van der Waals surface area contributed by atoms with Crippen LogP contribution in [0.5, 0.6) is 0 Å². The first-order valence-corrected chi connectivity index (χ1v) is 6.25. The molecule has 1 aliphatic rings. The number of pyridine rings is 1. The zero-order valence-electron chi connectivity index (χ0n) is 8.09. The van der Waals surface area contributed by atoms with Gasteiger partial charge in [0.05, 0.1) is 4.90 Å². The van der Waals surface area contributed by atoms with E-state index < -0.39 is 10.0 Å². The minimum absolute atomic E-state index is 0.0113. The maximum Gasteiger partial charge on any atom is 0.250 e. The van der Waals surface area contributed by atoms with Gasteiger partial charge in [-0.25, -0.2) is 13.6 Å². The normalized spacial score (nSPS) is 16.6. The molecule has 1 aromatic rings. The fourth-order valence-corrected chi connectivity index (χ4v) is 1.93. The lowest BCUT2D eigenvalue weighted by Crippen LogP contribution is -2.22. The molecule has 0 atom stereocenters. The van der Waals surface area contributed by atoms with Crippen LogP contribution in [0.2, 0.25) is 0 Å². The van der Waals surface area contributed by atoms with Crippen molar-refractivity contribution in [2.24, 2.45) is 11.1 Å². The van der Waals surface area contributed by atoms with E-state index in [4.69, 9.17) is 5.14 Å². The second kappa shape index (κ2) is 3.46. The number of aromatic nitrogens is 1. The van der Waals surface area contributed by atoms with E-state index in [-0.39, 0.29) is 10.5 Å². The number of sulfonamides is 1. The number of hydrogen-bond donors (Lipinski definition) is 1. The van der Waals surface area contributed by atoms with Gasteiger partial charge in [0.2, 0.25) is 10.0 Å². The van der Waals surface area contributed by atoms with Crippen LogP contribution in [0, 0.1) is 5.92 Å². The Hall–Kier alpha value is -1.14. The molecule has 0 spiro atoms. The van der Waals surface area contributed by atoms with Crippen LogP contribution in [-0.4, -0.2) is 13.0 Å². The van der Waals surface area contributed by atoms with Gasteiger partial charge in [0, 0.05) is 18.8 Å². The Bertz CT molecular complexity index is 529. The highest BCUT2D eigenvalue weighted by molar-refractivity contribution is 7.89. The highest BCUT2D eigenvalue weighted by Crippen LogP contribution is 2.30. The third kappa shape index (κ3) is 2.45. The predicted molar refractivity (Wildman–Crippen MR) is 54.8 cm³/mol. The summed E-state index contributed by atoms with van der Waals surface area (Å²) in [5, 5.41) is 4.98. The van der Waals surface area contributed by atoms with E-state index in [0.29, 0.717) is 12.5 Å². The molecule has 2 rings (SSSR count). The second-order valence-electron chi connectivity index (χ2n) is 3.84. The molecule has 0 radical (unpaired) electrons. The lowest BCUT2D eigenvalue weighted by atomic mass is 10.4. The fourth-order valence-electron chi connectivity index (χ4n) is 1.40. The Balaban J connectivity index is 2.40. The first-order valence-electron chi connectivity index (χ1n) is 4.70. The summed E-state index contributed by atoms with van der Waals surface area (Å²) in [5.41, 5.74) is -0.186. The van der Waals surface area contributed by atoms with Crippen molar-refractivity contribution in [2.45, 2.75) is 24.3 Å². The molecule has 0 saturated heterocycles. The summed E-state index contributed by atoms with van der Waals surface area (Å²) in [6, 6.07) is 2.48. The topological polar surface area (TPSA) is 82.2 Å². The van der Waals surface area contributed by atoms with Crippen molar-refractivity contribution in [3.05, 3.63) is 28.7 Å². The van der Waals surface area contributed by atoms with Gasteiger partial charge in [-0.3, -0.25) is 4.79 Å². The quantitative estimate of drug-likeness (QED) is 0.784. The van der Waals surface area contributed by atoms with E-state index in [1.165, 1.54) is 22.9 Å². The van der Waals surface area contributed by atoms with Crippen LogP contribution < -0.4 is 10.7 Å². The minimum atomic E-state index is -3.72. The Morgan fingerprint density at radius 1 is 1.40 bits per heavy atom. The molecule has 0 aromatic carbocycles. The molecule has 1 aliphatic carbocycles. The first kappa shape index (κ1) is 10.4. The van der Waals surface area contributed by atoms with E-state index in [1.807, 2.05) is 0 Å². The first-order chi connectivity index (χ1) is 6.97. The highest BCUT2D eigenvalue weighted by Gasteiger charge is 2.22. The number of hydrogen-bond acceptors (Lipinski definition) is 3. The Morgan fingerprint density at radius 2 is 2.07 bits per heavy atom. The van der Waals surface area contributed by atoms with Crippen molar-refractivity contribution in [1.29, 1.82) is 0 Å². The molecule has 5 nitrogen and oxygen atoms in total. The summed E-state index contributed by atoms with van der Waals surface area (Å²) in [6.45, 7) is 0.586. The molecular weight excluding hydrogens is 216 g/mol. The van der Waals surface area contributed by atoms with Gasteiger partial charge in [-0.15, -0.1) is 0 Å². The maximum absolute atomic E-state index is 11.4. The molecule has 1 fully saturated rings. The summed E-state index contributed by atoms with van der Waals surface area (Å²) < 4.78 is 23.5. The van der Waals surface area contributed by atoms with Gasteiger partial charge < -0.3 is 4.57 Å². The lowest BCUT2D eigenvalue weighted by molar-refractivity contribution is 0.582. The predicted octanol–water partition coefficient (Wildman–Crippen LogP) is -0.0943. The van der Waals surface area contributed by atoms with Gasteiger partial charge in [0.1, 0.15) is 0 Å². The standard InChI is InChI=1S/C9H12N2O3S/c10-15(13,14)8-3-4-9(12)11(6-8)5-7-1-2-7/h3-4,6-7H,1-2,5H2,(H2,10,13,14). The summed E-state index contributed by atoms with van der Waals surface area (Å²) in [7, 11) is -3.72. The van der Waals surface area contributed by atoms with Crippen LogP contribution in [0.15, 0.2) is 28.0 Å². The third-order valence-electron chi connectivity index (χ3n) is 2.44.